The molecule has 0 aliphatic heterocycles. The highest BCUT2D eigenvalue weighted by Gasteiger charge is 2.35. The zero-order valence-corrected chi connectivity index (χ0v) is 20.2. The molecule has 0 saturated heterocycles. The standard InChI is InChI=1S/C25H22ClF3O8/c1-33-21-9-16(20-10-18(30)15-3-2-4-17(26)23(15)37-20)19(11-22(21)36-12-25(27,28)29)35-6-5-34-14-7-13(8-14)24(31)32/h2-4,9-11,13-14H,5-8,12H2,1H3,(H,31,32). The first kappa shape index (κ1) is 26.6. The molecule has 2 aromatic carbocycles. The number of aliphatic carboxylic acids is 1. The summed E-state index contributed by atoms with van der Waals surface area (Å²) in [6, 6.07) is 8.47. The highest BCUT2D eigenvalue weighted by Crippen LogP contribution is 2.41. The van der Waals surface area contributed by atoms with Crippen molar-refractivity contribution < 1.29 is 46.4 Å². The van der Waals surface area contributed by atoms with Crippen LogP contribution in [0.3, 0.4) is 0 Å². The normalized spacial score (nSPS) is 17.3. The molecule has 1 aliphatic rings. The van der Waals surface area contributed by atoms with Crippen molar-refractivity contribution in [3.8, 4) is 28.6 Å². The minimum atomic E-state index is -4.59. The fourth-order valence-electron chi connectivity index (χ4n) is 3.83. The zero-order chi connectivity index (χ0) is 26.7. The van der Waals surface area contributed by atoms with E-state index in [1.807, 2.05) is 0 Å². The number of ether oxygens (including phenoxy) is 4. The number of hydrogen-bond acceptors (Lipinski definition) is 7. The Morgan fingerprint density at radius 3 is 2.54 bits per heavy atom. The quantitative estimate of drug-likeness (QED) is 0.343. The van der Waals surface area contributed by atoms with Crippen molar-refractivity contribution in [1.29, 1.82) is 0 Å². The Hall–Kier alpha value is -3.44. The Kier molecular flexibility index (Phi) is 7.84. The number of methoxy groups -OCH3 is 1. The van der Waals surface area contributed by atoms with Gasteiger partial charge in [-0.25, -0.2) is 0 Å². The zero-order valence-electron chi connectivity index (χ0n) is 19.5. The SMILES string of the molecule is COc1cc(-c2cc(=O)c3cccc(Cl)c3o2)c(OCCOC2CC(C(=O)O)C2)cc1OCC(F)(F)F. The van der Waals surface area contributed by atoms with Crippen LogP contribution in [0.1, 0.15) is 12.8 Å². The average molecular weight is 543 g/mol. The van der Waals surface area contributed by atoms with Crippen LogP contribution >= 0.6 is 11.6 Å². The molecule has 8 nitrogen and oxygen atoms in total. The molecule has 1 aromatic heterocycles. The monoisotopic (exact) mass is 542 g/mol. The summed E-state index contributed by atoms with van der Waals surface area (Å²) >= 11 is 6.21. The summed E-state index contributed by atoms with van der Waals surface area (Å²) in [5.41, 5.74) is -0.0395. The van der Waals surface area contributed by atoms with Gasteiger partial charge in [0.05, 0.1) is 41.7 Å². The van der Waals surface area contributed by atoms with E-state index in [0.717, 1.165) is 0 Å². The first-order valence-electron chi connectivity index (χ1n) is 11.2. The van der Waals surface area contributed by atoms with Crippen molar-refractivity contribution in [3.63, 3.8) is 0 Å². The van der Waals surface area contributed by atoms with E-state index in [2.05, 4.69) is 0 Å². The van der Waals surface area contributed by atoms with Crippen LogP contribution in [-0.4, -0.2) is 50.3 Å². The van der Waals surface area contributed by atoms with E-state index in [1.54, 1.807) is 18.2 Å². The van der Waals surface area contributed by atoms with Gasteiger partial charge in [-0.1, -0.05) is 17.7 Å². The molecule has 1 aliphatic carbocycles. The van der Waals surface area contributed by atoms with Crippen molar-refractivity contribution in [3.05, 3.63) is 51.6 Å². The number of carboxylic acids is 1. The summed E-state index contributed by atoms with van der Waals surface area (Å²) in [5.74, 6) is -1.49. The lowest BCUT2D eigenvalue weighted by molar-refractivity contribution is -0.153. The highest BCUT2D eigenvalue weighted by atomic mass is 35.5. The number of rotatable bonds is 10. The second-order valence-corrected chi connectivity index (χ2v) is 8.75. The Morgan fingerprint density at radius 1 is 1.11 bits per heavy atom. The molecule has 1 saturated carbocycles. The number of fused-ring (bicyclic) bond motifs is 1. The third kappa shape index (κ3) is 6.28. The minimum Gasteiger partial charge on any atom is -0.493 e. The molecule has 0 amide bonds. The molecule has 0 spiro atoms. The van der Waals surface area contributed by atoms with Crippen LogP contribution in [0, 0.1) is 5.92 Å². The predicted molar refractivity (Wildman–Crippen MR) is 127 cm³/mol. The molecule has 4 rings (SSSR count). The molecule has 12 heteroatoms. The Bertz CT molecular complexity index is 1350. The van der Waals surface area contributed by atoms with E-state index in [4.69, 9.17) is 40.1 Å². The number of benzene rings is 2. The van der Waals surface area contributed by atoms with Crippen molar-refractivity contribution in [1.82, 2.24) is 0 Å². The largest absolute Gasteiger partial charge is 0.493 e. The minimum absolute atomic E-state index is 0.0230. The summed E-state index contributed by atoms with van der Waals surface area (Å²) in [4.78, 5) is 23.6. The molecule has 1 heterocycles. The smallest absolute Gasteiger partial charge is 0.422 e. The maximum Gasteiger partial charge on any atom is 0.422 e. The summed E-state index contributed by atoms with van der Waals surface area (Å²) in [5, 5.41) is 9.42. The third-order valence-electron chi connectivity index (χ3n) is 5.77. The Labute approximate surface area is 213 Å². The molecule has 0 unspecified atom stereocenters. The van der Waals surface area contributed by atoms with Gasteiger partial charge in [-0.2, -0.15) is 13.2 Å². The summed E-state index contributed by atoms with van der Waals surface area (Å²) in [7, 11) is 1.25. The second kappa shape index (κ2) is 10.9. The van der Waals surface area contributed by atoms with Gasteiger partial charge in [-0.15, -0.1) is 0 Å². The van der Waals surface area contributed by atoms with Crippen molar-refractivity contribution in [2.45, 2.75) is 25.1 Å². The van der Waals surface area contributed by atoms with Crippen molar-refractivity contribution in [2.24, 2.45) is 5.92 Å². The van der Waals surface area contributed by atoms with Gasteiger partial charge in [0.2, 0.25) is 0 Å². The van der Waals surface area contributed by atoms with Gasteiger partial charge in [-0.05, 0) is 31.0 Å². The summed E-state index contributed by atoms with van der Waals surface area (Å²) in [6.07, 6.45) is -4.02. The van der Waals surface area contributed by atoms with Gasteiger partial charge in [0.15, 0.2) is 29.1 Å². The van der Waals surface area contributed by atoms with Crippen LogP contribution in [0.4, 0.5) is 13.2 Å². The third-order valence-corrected chi connectivity index (χ3v) is 6.07. The maximum atomic E-state index is 12.8. The molecule has 3 aromatic rings. The van der Waals surface area contributed by atoms with E-state index in [1.165, 1.54) is 25.3 Å². The van der Waals surface area contributed by atoms with Gasteiger partial charge >= 0.3 is 12.1 Å². The molecule has 0 bridgehead atoms. The highest BCUT2D eigenvalue weighted by molar-refractivity contribution is 6.34. The topological polar surface area (TPSA) is 104 Å². The molecular weight excluding hydrogens is 521 g/mol. The van der Waals surface area contributed by atoms with Gasteiger partial charge in [0, 0.05) is 12.1 Å². The first-order valence-corrected chi connectivity index (χ1v) is 11.5. The summed E-state index contributed by atoms with van der Waals surface area (Å²) in [6.45, 7) is -1.49. The molecule has 198 valence electrons. The lowest BCUT2D eigenvalue weighted by Crippen LogP contribution is -2.37. The number of alkyl halides is 3. The number of hydrogen-bond donors (Lipinski definition) is 1. The number of halogens is 4. The van der Waals surface area contributed by atoms with E-state index in [0.29, 0.717) is 12.8 Å². The Balaban J connectivity index is 1.63. The average Bonchev–Trinajstić information content (AvgIpc) is 2.81. The second-order valence-electron chi connectivity index (χ2n) is 8.34. The maximum absolute atomic E-state index is 12.8. The van der Waals surface area contributed by atoms with Crippen LogP contribution in [0.25, 0.3) is 22.3 Å². The first-order chi connectivity index (χ1) is 17.6. The number of carbonyl (C=O) groups is 1. The van der Waals surface area contributed by atoms with Gasteiger partial charge in [0.25, 0.3) is 0 Å². The van der Waals surface area contributed by atoms with Crippen LogP contribution in [0.15, 0.2) is 45.6 Å². The lowest BCUT2D eigenvalue weighted by atomic mass is 9.82. The van der Waals surface area contributed by atoms with Crippen LogP contribution in [0.5, 0.6) is 17.2 Å². The molecule has 0 atom stereocenters. The van der Waals surface area contributed by atoms with E-state index in [-0.39, 0.29) is 69.3 Å². The fraction of sp³-hybridized carbons (Fsp3) is 0.360. The van der Waals surface area contributed by atoms with Crippen LogP contribution < -0.4 is 19.6 Å². The van der Waals surface area contributed by atoms with E-state index < -0.39 is 24.7 Å². The molecular formula is C25H22ClF3O8. The van der Waals surface area contributed by atoms with Gasteiger partial charge < -0.3 is 28.5 Å². The van der Waals surface area contributed by atoms with Gasteiger partial charge in [-0.3, -0.25) is 9.59 Å². The van der Waals surface area contributed by atoms with Crippen LogP contribution in [0.2, 0.25) is 5.02 Å². The fourth-order valence-corrected chi connectivity index (χ4v) is 4.04. The summed E-state index contributed by atoms with van der Waals surface area (Å²) < 4.78 is 65.7. The molecule has 1 N–H and O–H groups in total. The van der Waals surface area contributed by atoms with E-state index >= 15 is 0 Å². The molecule has 0 radical (unpaired) electrons. The Morgan fingerprint density at radius 2 is 1.86 bits per heavy atom. The predicted octanol–water partition coefficient (Wildman–Crippen LogP) is 5.32. The van der Waals surface area contributed by atoms with Gasteiger partial charge in [0.1, 0.15) is 18.1 Å². The van der Waals surface area contributed by atoms with E-state index in [9.17, 15) is 22.8 Å². The van der Waals surface area contributed by atoms with Crippen molar-refractivity contribution >= 4 is 28.5 Å². The number of carboxylic acid groups (broad SMARTS) is 1. The lowest BCUT2D eigenvalue weighted by Gasteiger charge is -2.32. The number of para-hydroxylation sites is 1. The van der Waals surface area contributed by atoms with Crippen molar-refractivity contribution in [2.75, 3.05) is 26.9 Å². The molecule has 1 fully saturated rings. The van der Waals surface area contributed by atoms with Crippen LogP contribution in [-0.2, 0) is 9.53 Å². The molecule has 37 heavy (non-hydrogen) atoms.